The highest BCUT2D eigenvalue weighted by Gasteiger charge is 1.98. The highest BCUT2D eigenvalue weighted by molar-refractivity contribution is 14.1. The maximum absolute atomic E-state index is 4.24. The van der Waals surface area contributed by atoms with E-state index >= 15 is 0 Å². The topological polar surface area (TPSA) is 12.9 Å². The molecule has 0 saturated carbocycles. The van der Waals surface area contributed by atoms with Crippen molar-refractivity contribution in [2.75, 3.05) is 0 Å². The molecule has 1 aromatic heterocycles. The Labute approximate surface area is 88.6 Å². The van der Waals surface area contributed by atoms with E-state index in [-0.39, 0.29) is 0 Å². The van der Waals surface area contributed by atoms with Gasteiger partial charge in [0.05, 0.1) is 11.2 Å². The number of benzene rings is 1. The Morgan fingerprint density at radius 2 is 2.25 bits per heavy atom. The van der Waals surface area contributed by atoms with E-state index in [1.54, 1.807) is 11.3 Å². The highest BCUT2D eigenvalue weighted by atomic mass is 127. The summed E-state index contributed by atoms with van der Waals surface area (Å²) >= 11 is 3.93. The fourth-order valence-electron chi connectivity index (χ4n) is 1.00. The summed E-state index contributed by atoms with van der Waals surface area (Å²) in [5.74, 6) is 0. The van der Waals surface area contributed by atoms with Gasteiger partial charge in [0.2, 0.25) is 0 Å². The van der Waals surface area contributed by atoms with Crippen molar-refractivity contribution in [3.8, 4) is 11.3 Å². The lowest BCUT2D eigenvalue weighted by Crippen LogP contribution is -1.77. The van der Waals surface area contributed by atoms with Crippen molar-refractivity contribution in [2.24, 2.45) is 0 Å². The Morgan fingerprint density at radius 3 is 2.92 bits per heavy atom. The molecular formula is C9H6INS. The van der Waals surface area contributed by atoms with Gasteiger partial charge in [-0.2, -0.15) is 0 Å². The van der Waals surface area contributed by atoms with Crippen LogP contribution in [0.1, 0.15) is 0 Å². The molecule has 0 saturated heterocycles. The van der Waals surface area contributed by atoms with Gasteiger partial charge in [-0.1, -0.05) is 12.1 Å². The van der Waals surface area contributed by atoms with Gasteiger partial charge in [0.25, 0.3) is 0 Å². The zero-order chi connectivity index (χ0) is 8.39. The fourth-order valence-corrected chi connectivity index (χ4v) is 2.11. The molecule has 0 amide bonds. The first kappa shape index (κ1) is 8.19. The standard InChI is InChI=1S/C9H6INS/c10-8-3-1-2-7(4-8)9-5-12-6-11-9/h1-6H. The Balaban J connectivity index is 2.48. The largest absolute Gasteiger partial charge is 0.245 e. The molecule has 0 N–H and O–H groups in total. The molecule has 1 nitrogen and oxygen atoms in total. The maximum Gasteiger partial charge on any atom is 0.0811 e. The zero-order valence-electron chi connectivity index (χ0n) is 6.20. The molecule has 1 aromatic carbocycles. The van der Waals surface area contributed by atoms with Crippen molar-refractivity contribution < 1.29 is 0 Å². The van der Waals surface area contributed by atoms with E-state index in [0.29, 0.717) is 0 Å². The fraction of sp³-hybridized carbons (Fsp3) is 0. The van der Waals surface area contributed by atoms with E-state index in [4.69, 9.17) is 0 Å². The van der Waals surface area contributed by atoms with Crippen LogP contribution in [0.5, 0.6) is 0 Å². The third-order valence-corrected chi connectivity index (χ3v) is 2.81. The molecule has 2 aromatic rings. The van der Waals surface area contributed by atoms with Gasteiger partial charge in [-0.05, 0) is 34.7 Å². The SMILES string of the molecule is Ic1cccc(-c2cscn2)c1. The number of thiazole rings is 1. The first-order valence-corrected chi connectivity index (χ1v) is 5.52. The second-order valence-corrected chi connectivity index (χ2v) is 4.35. The Bertz CT molecular complexity index is 370. The second-order valence-electron chi connectivity index (χ2n) is 2.38. The van der Waals surface area contributed by atoms with Crippen LogP contribution in [0, 0.1) is 3.57 Å². The van der Waals surface area contributed by atoms with Crippen molar-refractivity contribution in [1.29, 1.82) is 0 Å². The molecule has 0 fully saturated rings. The highest BCUT2D eigenvalue weighted by Crippen LogP contribution is 2.20. The lowest BCUT2D eigenvalue weighted by atomic mass is 10.2. The Kier molecular flexibility index (Phi) is 2.41. The first-order chi connectivity index (χ1) is 5.86. The zero-order valence-corrected chi connectivity index (χ0v) is 9.17. The summed E-state index contributed by atoms with van der Waals surface area (Å²) < 4.78 is 1.25. The van der Waals surface area contributed by atoms with E-state index in [9.17, 15) is 0 Å². The van der Waals surface area contributed by atoms with Crippen LogP contribution in [0.3, 0.4) is 0 Å². The summed E-state index contributed by atoms with van der Waals surface area (Å²) in [6.07, 6.45) is 0. The van der Waals surface area contributed by atoms with Crippen LogP contribution < -0.4 is 0 Å². The van der Waals surface area contributed by atoms with Gasteiger partial charge in [0.1, 0.15) is 0 Å². The van der Waals surface area contributed by atoms with Gasteiger partial charge in [-0.25, -0.2) is 4.98 Å². The van der Waals surface area contributed by atoms with Crippen molar-refractivity contribution in [1.82, 2.24) is 4.98 Å². The van der Waals surface area contributed by atoms with Gasteiger partial charge in [0, 0.05) is 14.5 Å². The minimum Gasteiger partial charge on any atom is -0.245 e. The molecule has 0 unspecified atom stereocenters. The minimum absolute atomic E-state index is 1.07. The summed E-state index contributed by atoms with van der Waals surface area (Å²) in [6, 6.07) is 8.35. The number of nitrogens with zero attached hydrogens (tertiary/aromatic N) is 1. The van der Waals surface area contributed by atoms with Crippen molar-refractivity contribution in [2.45, 2.75) is 0 Å². The molecule has 0 aliphatic rings. The smallest absolute Gasteiger partial charge is 0.0811 e. The van der Waals surface area contributed by atoms with Gasteiger partial charge >= 0.3 is 0 Å². The molecule has 12 heavy (non-hydrogen) atoms. The number of hydrogen-bond acceptors (Lipinski definition) is 2. The lowest BCUT2D eigenvalue weighted by Gasteiger charge is -1.95. The third kappa shape index (κ3) is 1.67. The molecule has 0 aliphatic carbocycles. The van der Waals surface area contributed by atoms with Crippen LogP contribution in [0.15, 0.2) is 35.2 Å². The minimum atomic E-state index is 1.07. The number of rotatable bonds is 1. The van der Waals surface area contributed by atoms with E-state index in [1.807, 2.05) is 5.51 Å². The first-order valence-electron chi connectivity index (χ1n) is 3.50. The predicted molar refractivity (Wildman–Crippen MR) is 60.3 cm³/mol. The summed E-state index contributed by atoms with van der Waals surface area (Å²) in [5, 5.41) is 2.06. The van der Waals surface area contributed by atoms with E-state index < -0.39 is 0 Å². The van der Waals surface area contributed by atoms with E-state index in [2.05, 4.69) is 57.2 Å². The number of halogens is 1. The average molecular weight is 287 g/mol. The lowest BCUT2D eigenvalue weighted by molar-refractivity contribution is 1.41. The van der Waals surface area contributed by atoms with Gasteiger partial charge < -0.3 is 0 Å². The number of aromatic nitrogens is 1. The normalized spacial score (nSPS) is 10.1. The molecule has 0 aliphatic heterocycles. The maximum atomic E-state index is 4.24. The van der Waals surface area contributed by atoms with Crippen LogP contribution in [0.2, 0.25) is 0 Å². The van der Waals surface area contributed by atoms with Crippen LogP contribution in [-0.2, 0) is 0 Å². The molecule has 0 atom stereocenters. The summed E-state index contributed by atoms with van der Waals surface area (Å²) in [7, 11) is 0. The molecule has 0 spiro atoms. The molecule has 3 heteroatoms. The molecule has 60 valence electrons. The quantitative estimate of drug-likeness (QED) is 0.732. The Hall–Kier alpha value is -0.420. The van der Waals surface area contributed by atoms with Crippen LogP contribution in [0.25, 0.3) is 11.3 Å². The third-order valence-electron chi connectivity index (χ3n) is 1.55. The van der Waals surface area contributed by atoms with Crippen molar-refractivity contribution >= 4 is 33.9 Å². The molecule has 0 bridgehead atoms. The predicted octanol–water partition coefficient (Wildman–Crippen LogP) is 3.41. The van der Waals surface area contributed by atoms with Crippen molar-refractivity contribution in [3.63, 3.8) is 0 Å². The Morgan fingerprint density at radius 1 is 1.33 bits per heavy atom. The number of hydrogen-bond donors (Lipinski definition) is 0. The van der Waals surface area contributed by atoms with Crippen LogP contribution >= 0.6 is 33.9 Å². The molecule has 1 heterocycles. The van der Waals surface area contributed by atoms with E-state index in [1.165, 1.54) is 9.13 Å². The molecule has 2 rings (SSSR count). The summed E-state index contributed by atoms with van der Waals surface area (Å²) in [6.45, 7) is 0. The summed E-state index contributed by atoms with van der Waals surface area (Å²) in [5.41, 5.74) is 4.12. The van der Waals surface area contributed by atoms with Crippen molar-refractivity contribution in [3.05, 3.63) is 38.7 Å². The molecule has 0 radical (unpaired) electrons. The second kappa shape index (κ2) is 3.53. The summed E-state index contributed by atoms with van der Waals surface area (Å²) in [4.78, 5) is 4.24. The monoisotopic (exact) mass is 287 g/mol. The molecular weight excluding hydrogens is 281 g/mol. The average Bonchev–Trinajstić information content (AvgIpc) is 2.56. The van der Waals surface area contributed by atoms with E-state index in [0.717, 1.165) is 5.69 Å². The van der Waals surface area contributed by atoms with Crippen LogP contribution in [-0.4, -0.2) is 4.98 Å². The van der Waals surface area contributed by atoms with Gasteiger partial charge in [0.15, 0.2) is 0 Å². The van der Waals surface area contributed by atoms with Crippen LogP contribution in [0.4, 0.5) is 0 Å². The van der Waals surface area contributed by atoms with Gasteiger partial charge in [-0.3, -0.25) is 0 Å². The van der Waals surface area contributed by atoms with Gasteiger partial charge in [-0.15, -0.1) is 11.3 Å².